The molecule has 2 aromatic heterocycles. The summed E-state index contributed by atoms with van der Waals surface area (Å²) in [6.45, 7) is 2.18. The van der Waals surface area contributed by atoms with Crippen LogP contribution in [-0.2, 0) is 27.3 Å². The Morgan fingerprint density at radius 2 is 2.11 bits per heavy atom. The number of nitrogens with zero attached hydrogens (tertiary/aromatic N) is 2. The molecular weight excluding hydrogens is 388 g/mol. The number of amides is 1. The minimum Gasteiger partial charge on any atom is -0.465 e. The molecule has 1 aliphatic heterocycles. The lowest BCUT2D eigenvalue weighted by molar-refractivity contribution is -0.143. The number of benzene rings is 1. The summed E-state index contributed by atoms with van der Waals surface area (Å²) < 4.78 is 18.5. The predicted octanol–water partition coefficient (Wildman–Crippen LogP) is 2.73. The summed E-state index contributed by atoms with van der Waals surface area (Å²) in [5.41, 5.74) is 0.750. The first-order valence-corrected chi connectivity index (χ1v) is 10.0. The molecule has 3 aromatic rings. The monoisotopic (exact) mass is 404 g/mol. The van der Waals surface area contributed by atoms with Gasteiger partial charge in [0.25, 0.3) is 5.91 Å². The maximum Gasteiger partial charge on any atom is 0.326 e. The van der Waals surface area contributed by atoms with Crippen molar-refractivity contribution in [2.45, 2.75) is 19.9 Å². The van der Waals surface area contributed by atoms with Gasteiger partial charge in [-0.15, -0.1) is 11.3 Å². The SMILES string of the molecule is CCOC(=O)Cn1c(=NC(=O)Cc2cccs2)sc2cc3c(cc21)OCO3. The molecule has 140 valence electrons. The number of fused-ring (bicyclic) bond motifs is 2. The average Bonchev–Trinajstić information content (AvgIpc) is 3.35. The number of hydrogen-bond donors (Lipinski definition) is 0. The van der Waals surface area contributed by atoms with E-state index in [9.17, 15) is 9.59 Å². The van der Waals surface area contributed by atoms with Gasteiger partial charge in [-0.05, 0) is 18.4 Å². The molecule has 7 nitrogen and oxygen atoms in total. The fourth-order valence-electron chi connectivity index (χ4n) is 2.74. The molecule has 0 saturated heterocycles. The van der Waals surface area contributed by atoms with Crippen molar-refractivity contribution in [3.63, 3.8) is 0 Å². The van der Waals surface area contributed by atoms with E-state index in [1.807, 2.05) is 23.6 Å². The quantitative estimate of drug-likeness (QED) is 0.611. The van der Waals surface area contributed by atoms with Gasteiger partial charge in [0.2, 0.25) is 6.79 Å². The molecule has 27 heavy (non-hydrogen) atoms. The van der Waals surface area contributed by atoms with Gasteiger partial charge in [-0.2, -0.15) is 4.99 Å². The normalized spacial score (nSPS) is 13.3. The van der Waals surface area contributed by atoms with Crippen LogP contribution in [0.4, 0.5) is 0 Å². The smallest absolute Gasteiger partial charge is 0.326 e. The zero-order valence-electron chi connectivity index (χ0n) is 14.5. The largest absolute Gasteiger partial charge is 0.465 e. The van der Waals surface area contributed by atoms with E-state index in [1.54, 1.807) is 17.6 Å². The minimum absolute atomic E-state index is 0.0292. The number of thiophene rings is 1. The second-order valence-electron chi connectivity index (χ2n) is 5.71. The second-order valence-corrected chi connectivity index (χ2v) is 7.75. The van der Waals surface area contributed by atoms with Crippen LogP contribution < -0.4 is 14.3 Å². The number of thiazole rings is 1. The number of rotatable bonds is 5. The molecule has 3 heterocycles. The maximum absolute atomic E-state index is 12.4. The topological polar surface area (TPSA) is 79.1 Å². The first-order chi connectivity index (χ1) is 13.1. The fraction of sp³-hybridized carbons (Fsp3) is 0.278. The van der Waals surface area contributed by atoms with E-state index in [4.69, 9.17) is 14.2 Å². The van der Waals surface area contributed by atoms with Gasteiger partial charge in [0.05, 0.1) is 23.2 Å². The molecule has 0 saturated carbocycles. The van der Waals surface area contributed by atoms with Crippen molar-refractivity contribution in [1.29, 1.82) is 0 Å². The van der Waals surface area contributed by atoms with E-state index in [1.165, 1.54) is 22.7 Å². The van der Waals surface area contributed by atoms with Crippen LogP contribution >= 0.6 is 22.7 Å². The zero-order valence-corrected chi connectivity index (χ0v) is 16.1. The first-order valence-electron chi connectivity index (χ1n) is 8.32. The molecule has 1 aliphatic rings. The highest BCUT2D eigenvalue weighted by atomic mass is 32.1. The third-order valence-electron chi connectivity index (χ3n) is 3.90. The van der Waals surface area contributed by atoms with Crippen molar-refractivity contribution >= 4 is 44.8 Å². The van der Waals surface area contributed by atoms with Crippen molar-refractivity contribution in [2.24, 2.45) is 4.99 Å². The molecule has 0 spiro atoms. The van der Waals surface area contributed by atoms with Gasteiger partial charge in [-0.25, -0.2) is 0 Å². The Labute approximate surface area is 162 Å². The predicted molar refractivity (Wildman–Crippen MR) is 101 cm³/mol. The molecule has 4 rings (SSSR count). The van der Waals surface area contributed by atoms with Gasteiger partial charge in [-0.3, -0.25) is 9.59 Å². The average molecular weight is 404 g/mol. The Morgan fingerprint density at radius 3 is 2.85 bits per heavy atom. The van der Waals surface area contributed by atoms with Gasteiger partial charge in [0.15, 0.2) is 16.3 Å². The van der Waals surface area contributed by atoms with Gasteiger partial charge < -0.3 is 18.8 Å². The van der Waals surface area contributed by atoms with Crippen molar-refractivity contribution in [2.75, 3.05) is 13.4 Å². The molecule has 9 heteroatoms. The summed E-state index contributed by atoms with van der Waals surface area (Å²) in [5, 5.41) is 1.92. The Kier molecular flexibility index (Phi) is 4.95. The van der Waals surface area contributed by atoms with Crippen LogP contribution in [0.3, 0.4) is 0 Å². The summed E-state index contributed by atoms with van der Waals surface area (Å²) in [6, 6.07) is 7.44. The third-order valence-corrected chi connectivity index (χ3v) is 5.81. The van der Waals surface area contributed by atoms with E-state index in [0.29, 0.717) is 16.3 Å². The number of esters is 1. The van der Waals surface area contributed by atoms with Crippen LogP contribution in [0.5, 0.6) is 11.5 Å². The lowest BCUT2D eigenvalue weighted by atomic mass is 10.3. The van der Waals surface area contributed by atoms with Crippen molar-refractivity contribution in [3.05, 3.63) is 39.3 Å². The van der Waals surface area contributed by atoms with Gasteiger partial charge in [-0.1, -0.05) is 17.4 Å². The number of aromatic nitrogens is 1. The maximum atomic E-state index is 12.4. The Hall–Kier alpha value is -2.65. The Balaban J connectivity index is 1.76. The summed E-state index contributed by atoms with van der Waals surface area (Å²) in [4.78, 5) is 30.1. The highest BCUT2D eigenvalue weighted by molar-refractivity contribution is 7.16. The van der Waals surface area contributed by atoms with Crippen LogP contribution in [0, 0.1) is 0 Å². The molecule has 1 amide bonds. The highest BCUT2D eigenvalue weighted by Gasteiger charge is 2.19. The Bertz CT molecular complexity index is 1070. The minimum atomic E-state index is -0.387. The molecule has 0 aliphatic carbocycles. The van der Waals surface area contributed by atoms with E-state index >= 15 is 0 Å². The van der Waals surface area contributed by atoms with E-state index in [-0.39, 0.29) is 38.2 Å². The third kappa shape index (κ3) is 3.74. The van der Waals surface area contributed by atoms with Crippen molar-refractivity contribution in [1.82, 2.24) is 4.57 Å². The molecule has 0 bridgehead atoms. The molecule has 0 N–H and O–H groups in total. The molecule has 0 unspecified atom stereocenters. The highest BCUT2D eigenvalue weighted by Crippen LogP contribution is 2.37. The van der Waals surface area contributed by atoms with E-state index in [0.717, 1.165) is 15.1 Å². The number of carbonyl (C=O) groups is 2. The standard InChI is InChI=1S/C18H16N2O5S2/c1-2-23-17(22)9-20-12-7-13-14(25-10-24-13)8-15(12)27-18(20)19-16(21)6-11-4-3-5-26-11/h3-5,7-8H,2,6,9-10H2,1H3. The zero-order chi connectivity index (χ0) is 18.8. The van der Waals surface area contributed by atoms with Crippen LogP contribution in [0.1, 0.15) is 11.8 Å². The summed E-state index contributed by atoms with van der Waals surface area (Å²) in [7, 11) is 0. The van der Waals surface area contributed by atoms with E-state index < -0.39 is 0 Å². The fourth-order valence-corrected chi connectivity index (χ4v) is 4.49. The molecule has 0 radical (unpaired) electrons. The van der Waals surface area contributed by atoms with Crippen LogP contribution in [0.2, 0.25) is 0 Å². The number of ether oxygens (including phenoxy) is 3. The number of carbonyl (C=O) groups excluding carboxylic acids is 2. The van der Waals surface area contributed by atoms with Gasteiger partial charge in [0.1, 0.15) is 6.54 Å². The van der Waals surface area contributed by atoms with E-state index in [2.05, 4.69) is 4.99 Å². The summed E-state index contributed by atoms with van der Waals surface area (Å²) in [6.07, 6.45) is 0.230. The van der Waals surface area contributed by atoms with Crippen molar-refractivity contribution in [3.8, 4) is 11.5 Å². The molecule has 0 atom stereocenters. The van der Waals surface area contributed by atoms with Crippen molar-refractivity contribution < 1.29 is 23.8 Å². The number of hydrogen-bond acceptors (Lipinski definition) is 7. The molecular formula is C18H16N2O5S2. The molecule has 1 aromatic carbocycles. The first kappa shape index (κ1) is 17.7. The lowest BCUT2D eigenvalue weighted by Gasteiger charge is -2.05. The summed E-state index contributed by atoms with van der Waals surface area (Å²) in [5.74, 6) is 0.599. The van der Waals surface area contributed by atoms with Gasteiger partial charge >= 0.3 is 5.97 Å². The second kappa shape index (κ2) is 7.53. The lowest BCUT2D eigenvalue weighted by Crippen LogP contribution is -2.23. The Morgan fingerprint density at radius 1 is 1.30 bits per heavy atom. The summed E-state index contributed by atoms with van der Waals surface area (Å²) >= 11 is 2.84. The molecule has 0 fully saturated rings. The van der Waals surface area contributed by atoms with Crippen LogP contribution in [-0.4, -0.2) is 29.8 Å². The van der Waals surface area contributed by atoms with Gasteiger partial charge in [0, 0.05) is 17.0 Å². The van der Waals surface area contributed by atoms with Crippen LogP contribution in [0.25, 0.3) is 10.2 Å². The van der Waals surface area contributed by atoms with Crippen LogP contribution in [0.15, 0.2) is 34.6 Å².